The van der Waals surface area contributed by atoms with Gasteiger partial charge < -0.3 is 11.1 Å². The second-order valence-corrected chi connectivity index (χ2v) is 5.26. The fourth-order valence-electron chi connectivity index (χ4n) is 1.25. The van der Waals surface area contributed by atoms with Gasteiger partial charge in [-0.15, -0.1) is 0 Å². The zero-order valence-corrected chi connectivity index (χ0v) is 11.0. The molecule has 0 aromatic heterocycles. The number of amides is 1. The summed E-state index contributed by atoms with van der Waals surface area (Å²) in [5.74, 6) is -0.133. The molecule has 0 bridgehead atoms. The number of benzene rings is 1. The van der Waals surface area contributed by atoms with Crippen molar-refractivity contribution in [3.05, 3.63) is 34.9 Å². The predicted octanol–water partition coefficient (Wildman–Crippen LogP) is 2.85. The van der Waals surface area contributed by atoms with Crippen molar-refractivity contribution >= 4 is 29.3 Å². The molecule has 0 heterocycles. The highest BCUT2D eigenvalue weighted by molar-refractivity contribution is 6.33. The van der Waals surface area contributed by atoms with Gasteiger partial charge in [0.05, 0.1) is 10.7 Å². The molecule has 0 aliphatic rings. The molecule has 0 fully saturated rings. The van der Waals surface area contributed by atoms with Gasteiger partial charge in [0.25, 0.3) is 0 Å². The molecule has 0 spiro atoms. The Hall–Kier alpha value is -1.48. The van der Waals surface area contributed by atoms with Crippen LogP contribution in [0.15, 0.2) is 24.3 Å². The van der Waals surface area contributed by atoms with Crippen molar-refractivity contribution in [3.63, 3.8) is 0 Å². The number of nitrogens with two attached hydrogens (primary N) is 1. The number of hydrogen-bond acceptors (Lipinski definition) is 2. The summed E-state index contributed by atoms with van der Waals surface area (Å²) in [4.78, 5) is 11.5. The quantitative estimate of drug-likeness (QED) is 0.628. The molecule has 92 valence electrons. The third kappa shape index (κ3) is 4.91. The lowest BCUT2D eigenvalue weighted by Crippen LogP contribution is -2.39. The number of hydrogen-bond donors (Lipinski definition) is 2. The molecule has 0 atom stereocenters. The number of carbonyl (C=O) groups excluding carboxylic acids is 1. The summed E-state index contributed by atoms with van der Waals surface area (Å²) in [6.07, 6.45) is 3.18. The summed E-state index contributed by atoms with van der Waals surface area (Å²) in [6.45, 7) is 5.79. The van der Waals surface area contributed by atoms with Gasteiger partial charge in [0.2, 0.25) is 5.91 Å². The number of nitrogens with one attached hydrogen (secondary N) is 1. The Kier molecular flexibility index (Phi) is 4.18. The fraction of sp³-hybridized carbons (Fsp3) is 0.308. The molecule has 3 N–H and O–H groups in total. The van der Waals surface area contributed by atoms with E-state index in [1.807, 2.05) is 20.8 Å². The summed E-state index contributed by atoms with van der Waals surface area (Å²) >= 11 is 5.80. The lowest BCUT2D eigenvalue weighted by atomic mass is 10.1. The third-order valence-corrected chi connectivity index (χ3v) is 2.29. The van der Waals surface area contributed by atoms with E-state index >= 15 is 0 Å². The first-order valence-electron chi connectivity index (χ1n) is 5.33. The van der Waals surface area contributed by atoms with Crippen LogP contribution in [0.25, 0.3) is 6.08 Å². The highest BCUT2D eigenvalue weighted by atomic mass is 35.5. The van der Waals surface area contributed by atoms with E-state index in [4.69, 9.17) is 17.3 Å². The first-order chi connectivity index (χ1) is 7.78. The number of carbonyl (C=O) groups is 1. The Labute approximate surface area is 107 Å². The summed E-state index contributed by atoms with van der Waals surface area (Å²) in [5, 5.41) is 3.35. The van der Waals surface area contributed by atoms with Gasteiger partial charge in [-0.05, 0) is 44.5 Å². The van der Waals surface area contributed by atoms with Gasteiger partial charge in [-0.3, -0.25) is 4.79 Å². The first kappa shape index (κ1) is 13.6. The first-order valence-corrected chi connectivity index (χ1v) is 5.71. The van der Waals surface area contributed by atoms with Gasteiger partial charge in [0.1, 0.15) is 0 Å². The van der Waals surface area contributed by atoms with E-state index in [9.17, 15) is 4.79 Å². The monoisotopic (exact) mass is 252 g/mol. The van der Waals surface area contributed by atoms with Crippen LogP contribution in [0.4, 0.5) is 5.69 Å². The maximum absolute atomic E-state index is 11.5. The Morgan fingerprint density at radius 3 is 2.59 bits per heavy atom. The largest absolute Gasteiger partial charge is 0.398 e. The Balaban J connectivity index is 2.71. The van der Waals surface area contributed by atoms with Gasteiger partial charge in [0.15, 0.2) is 0 Å². The zero-order valence-electron chi connectivity index (χ0n) is 10.3. The molecule has 3 nitrogen and oxygen atoms in total. The molecular weight excluding hydrogens is 236 g/mol. The third-order valence-electron chi connectivity index (χ3n) is 1.95. The molecular formula is C13H17ClN2O. The van der Waals surface area contributed by atoms with Gasteiger partial charge >= 0.3 is 0 Å². The summed E-state index contributed by atoms with van der Waals surface area (Å²) in [5.41, 5.74) is 6.77. The molecule has 1 amide bonds. The second-order valence-electron chi connectivity index (χ2n) is 4.85. The van der Waals surface area contributed by atoms with Crippen molar-refractivity contribution in [2.24, 2.45) is 0 Å². The Morgan fingerprint density at radius 2 is 2.06 bits per heavy atom. The lowest BCUT2D eigenvalue weighted by Gasteiger charge is -2.18. The average Bonchev–Trinajstić information content (AvgIpc) is 2.17. The van der Waals surface area contributed by atoms with E-state index in [2.05, 4.69) is 5.32 Å². The molecule has 1 aromatic rings. The van der Waals surface area contributed by atoms with Crippen molar-refractivity contribution in [2.75, 3.05) is 5.73 Å². The van der Waals surface area contributed by atoms with E-state index in [0.29, 0.717) is 10.7 Å². The van der Waals surface area contributed by atoms with Crippen LogP contribution in [0.1, 0.15) is 26.3 Å². The van der Waals surface area contributed by atoms with E-state index in [0.717, 1.165) is 5.56 Å². The minimum atomic E-state index is -0.236. The van der Waals surface area contributed by atoms with Crippen LogP contribution in [0, 0.1) is 0 Å². The van der Waals surface area contributed by atoms with Crippen LogP contribution in [-0.4, -0.2) is 11.4 Å². The van der Waals surface area contributed by atoms with Crippen LogP contribution < -0.4 is 11.1 Å². The topological polar surface area (TPSA) is 55.1 Å². The molecule has 4 heteroatoms. The van der Waals surface area contributed by atoms with E-state index in [-0.39, 0.29) is 11.4 Å². The van der Waals surface area contributed by atoms with E-state index < -0.39 is 0 Å². The summed E-state index contributed by atoms with van der Waals surface area (Å²) < 4.78 is 0. The summed E-state index contributed by atoms with van der Waals surface area (Å²) in [6, 6.07) is 5.24. The number of anilines is 1. The van der Waals surface area contributed by atoms with Gasteiger partial charge in [-0.25, -0.2) is 0 Å². The lowest BCUT2D eigenvalue weighted by molar-refractivity contribution is -0.117. The van der Waals surface area contributed by atoms with Crippen molar-refractivity contribution in [1.29, 1.82) is 0 Å². The van der Waals surface area contributed by atoms with E-state index in [1.165, 1.54) is 6.08 Å². The molecule has 0 saturated carbocycles. The van der Waals surface area contributed by atoms with Crippen LogP contribution in [-0.2, 0) is 4.79 Å². The van der Waals surface area contributed by atoms with Crippen LogP contribution in [0.3, 0.4) is 0 Å². The minimum absolute atomic E-state index is 0.133. The van der Waals surface area contributed by atoms with Crippen molar-refractivity contribution in [3.8, 4) is 0 Å². The zero-order chi connectivity index (χ0) is 13.1. The molecule has 1 rings (SSSR count). The number of halogens is 1. The second kappa shape index (κ2) is 5.23. The molecule has 0 saturated heterocycles. The van der Waals surface area contributed by atoms with Crippen LogP contribution in [0.5, 0.6) is 0 Å². The molecule has 0 aliphatic heterocycles. The fourth-order valence-corrected chi connectivity index (χ4v) is 1.37. The van der Waals surface area contributed by atoms with Gasteiger partial charge in [-0.2, -0.15) is 0 Å². The van der Waals surface area contributed by atoms with E-state index in [1.54, 1.807) is 24.3 Å². The highest BCUT2D eigenvalue weighted by Crippen LogP contribution is 2.20. The van der Waals surface area contributed by atoms with Crippen molar-refractivity contribution < 1.29 is 4.79 Å². The molecule has 0 aliphatic carbocycles. The maximum atomic E-state index is 11.5. The predicted molar refractivity (Wildman–Crippen MR) is 72.8 cm³/mol. The molecule has 0 radical (unpaired) electrons. The molecule has 1 aromatic carbocycles. The van der Waals surface area contributed by atoms with Crippen LogP contribution >= 0.6 is 11.6 Å². The number of nitrogen functional groups attached to an aromatic ring is 1. The number of rotatable bonds is 2. The normalized spacial score (nSPS) is 11.8. The summed E-state index contributed by atoms with van der Waals surface area (Å²) in [7, 11) is 0. The standard InChI is InChI=1S/C13H17ClN2O/c1-13(2,3)16-12(17)7-5-9-4-6-10(14)11(15)8-9/h4-8H,15H2,1-3H3,(H,16,17)/b7-5+. The Morgan fingerprint density at radius 1 is 1.41 bits per heavy atom. The van der Waals surface area contributed by atoms with Crippen LogP contribution in [0.2, 0.25) is 5.02 Å². The molecule has 17 heavy (non-hydrogen) atoms. The van der Waals surface area contributed by atoms with Crippen molar-refractivity contribution in [2.45, 2.75) is 26.3 Å². The van der Waals surface area contributed by atoms with Gasteiger partial charge in [-0.1, -0.05) is 17.7 Å². The maximum Gasteiger partial charge on any atom is 0.244 e. The molecule has 0 unspecified atom stereocenters. The smallest absolute Gasteiger partial charge is 0.244 e. The Bertz CT molecular complexity index is 447. The van der Waals surface area contributed by atoms with Crippen molar-refractivity contribution in [1.82, 2.24) is 5.32 Å². The minimum Gasteiger partial charge on any atom is -0.398 e. The SMILES string of the molecule is CC(C)(C)NC(=O)/C=C/c1ccc(Cl)c(N)c1. The highest BCUT2D eigenvalue weighted by Gasteiger charge is 2.10. The average molecular weight is 253 g/mol. The van der Waals surface area contributed by atoms with Gasteiger partial charge in [0, 0.05) is 11.6 Å².